The molecule has 7 heteroatoms. The van der Waals surface area contributed by atoms with E-state index in [0.29, 0.717) is 41.7 Å². The molecule has 2 aromatic carbocycles. The van der Waals surface area contributed by atoms with Crippen LogP contribution in [0.1, 0.15) is 53.8 Å². The molecule has 168 valence electrons. The van der Waals surface area contributed by atoms with Gasteiger partial charge in [-0.1, -0.05) is 32.4 Å². The van der Waals surface area contributed by atoms with Gasteiger partial charge in [0.25, 0.3) is 5.91 Å². The van der Waals surface area contributed by atoms with Crippen molar-refractivity contribution >= 4 is 28.8 Å². The second kappa shape index (κ2) is 9.51. The van der Waals surface area contributed by atoms with Crippen molar-refractivity contribution in [1.82, 2.24) is 10.3 Å². The standard InChI is InChI=1S/C25H27ClN2O3S/c1-25(2,3)22-15-32-23(28-22)10-11-27-24(29)16-6-8-18(9-7-16)31-21-14-20-17(13-19(21)26)5-4-12-30-20/h6-9,13-15H,4-5,10-12H2,1-3H3,(H,27,29). The second-order valence-corrected chi connectivity index (χ2v) is 10.2. The van der Waals surface area contributed by atoms with Crippen LogP contribution in [0.25, 0.3) is 0 Å². The Bertz CT molecular complexity index is 1100. The van der Waals surface area contributed by atoms with Crippen molar-refractivity contribution < 1.29 is 14.3 Å². The Morgan fingerprint density at radius 2 is 2.03 bits per heavy atom. The predicted molar refractivity (Wildman–Crippen MR) is 129 cm³/mol. The van der Waals surface area contributed by atoms with E-state index in [2.05, 4.69) is 36.5 Å². The minimum atomic E-state index is -0.121. The minimum Gasteiger partial charge on any atom is -0.493 e. The molecular formula is C25H27ClN2O3S. The molecule has 0 atom stereocenters. The smallest absolute Gasteiger partial charge is 0.251 e. The number of benzene rings is 2. The Labute approximate surface area is 197 Å². The average molecular weight is 471 g/mol. The van der Waals surface area contributed by atoms with Gasteiger partial charge in [-0.05, 0) is 48.7 Å². The zero-order valence-electron chi connectivity index (χ0n) is 18.5. The molecule has 0 aliphatic carbocycles. The van der Waals surface area contributed by atoms with Gasteiger partial charge in [0.15, 0.2) is 0 Å². The van der Waals surface area contributed by atoms with Gasteiger partial charge in [0.1, 0.15) is 17.2 Å². The molecule has 1 amide bonds. The van der Waals surface area contributed by atoms with E-state index >= 15 is 0 Å². The number of rotatable bonds is 6. The minimum absolute atomic E-state index is 0.0398. The van der Waals surface area contributed by atoms with Crippen LogP contribution in [0.15, 0.2) is 41.8 Å². The van der Waals surface area contributed by atoms with Crippen molar-refractivity contribution in [3.63, 3.8) is 0 Å². The van der Waals surface area contributed by atoms with Crippen LogP contribution in [0.4, 0.5) is 0 Å². The lowest BCUT2D eigenvalue weighted by atomic mass is 9.93. The normalized spacial score (nSPS) is 13.2. The fourth-order valence-corrected chi connectivity index (χ4v) is 4.63. The Balaban J connectivity index is 1.32. The van der Waals surface area contributed by atoms with E-state index in [-0.39, 0.29) is 11.3 Å². The molecule has 0 unspecified atom stereocenters. The molecule has 1 aliphatic heterocycles. The lowest BCUT2D eigenvalue weighted by Crippen LogP contribution is -2.25. The quantitative estimate of drug-likeness (QED) is 0.467. The van der Waals surface area contributed by atoms with Gasteiger partial charge in [-0.3, -0.25) is 4.79 Å². The van der Waals surface area contributed by atoms with Gasteiger partial charge in [-0.15, -0.1) is 11.3 Å². The number of nitrogens with zero attached hydrogens (tertiary/aromatic N) is 1. The largest absolute Gasteiger partial charge is 0.493 e. The maximum Gasteiger partial charge on any atom is 0.251 e. The summed E-state index contributed by atoms with van der Waals surface area (Å²) in [5.74, 6) is 1.85. The monoisotopic (exact) mass is 470 g/mol. The number of carbonyl (C=O) groups excluding carboxylic acids is 1. The third-order valence-corrected chi connectivity index (χ3v) is 6.46. The summed E-state index contributed by atoms with van der Waals surface area (Å²) in [7, 11) is 0. The Morgan fingerprint density at radius 1 is 1.25 bits per heavy atom. The van der Waals surface area contributed by atoms with Gasteiger partial charge in [0.05, 0.1) is 22.3 Å². The average Bonchev–Trinajstić information content (AvgIpc) is 3.24. The fourth-order valence-electron chi connectivity index (χ4n) is 3.39. The van der Waals surface area contributed by atoms with E-state index in [4.69, 9.17) is 21.1 Å². The molecule has 3 aromatic rings. The van der Waals surface area contributed by atoms with Crippen molar-refractivity contribution in [2.45, 2.75) is 45.4 Å². The van der Waals surface area contributed by atoms with Crippen LogP contribution in [0.3, 0.4) is 0 Å². The van der Waals surface area contributed by atoms with Crippen LogP contribution in [-0.2, 0) is 18.3 Å². The first-order valence-electron chi connectivity index (χ1n) is 10.8. The number of halogens is 1. The summed E-state index contributed by atoms with van der Waals surface area (Å²) in [6.45, 7) is 7.69. The predicted octanol–water partition coefficient (Wildman–Crippen LogP) is 6.18. The van der Waals surface area contributed by atoms with Crippen molar-refractivity contribution in [2.75, 3.05) is 13.2 Å². The second-order valence-electron chi connectivity index (χ2n) is 8.85. The SMILES string of the molecule is CC(C)(C)c1csc(CCNC(=O)c2ccc(Oc3cc4c(cc3Cl)CCCO4)cc2)n1. The van der Waals surface area contributed by atoms with Crippen LogP contribution in [0.5, 0.6) is 17.2 Å². The number of fused-ring (bicyclic) bond motifs is 1. The molecule has 4 rings (SSSR count). The van der Waals surface area contributed by atoms with Crippen LogP contribution < -0.4 is 14.8 Å². The van der Waals surface area contributed by atoms with Crippen molar-refractivity contribution in [3.05, 3.63) is 68.6 Å². The first-order valence-corrected chi connectivity index (χ1v) is 12.0. The van der Waals surface area contributed by atoms with E-state index in [1.54, 1.807) is 35.6 Å². The Morgan fingerprint density at radius 3 is 2.75 bits per heavy atom. The van der Waals surface area contributed by atoms with Crippen LogP contribution >= 0.6 is 22.9 Å². The lowest BCUT2D eigenvalue weighted by molar-refractivity contribution is 0.0954. The van der Waals surface area contributed by atoms with E-state index < -0.39 is 0 Å². The molecule has 0 saturated heterocycles. The molecule has 2 heterocycles. The third-order valence-electron chi connectivity index (χ3n) is 5.25. The van der Waals surface area contributed by atoms with Gasteiger partial charge in [-0.25, -0.2) is 4.98 Å². The lowest BCUT2D eigenvalue weighted by Gasteiger charge is -2.19. The molecule has 0 spiro atoms. The first kappa shape index (κ1) is 22.6. The topological polar surface area (TPSA) is 60.5 Å². The van der Waals surface area contributed by atoms with E-state index in [1.165, 1.54) is 0 Å². The number of hydrogen-bond donors (Lipinski definition) is 1. The molecule has 5 nitrogen and oxygen atoms in total. The molecule has 32 heavy (non-hydrogen) atoms. The highest BCUT2D eigenvalue weighted by Gasteiger charge is 2.18. The molecule has 1 aromatic heterocycles. The first-order chi connectivity index (χ1) is 15.3. The van der Waals surface area contributed by atoms with Crippen molar-refractivity contribution in [3.8, 4) is 17.2 Å². The van der Waals surface area contributed by atoms with Gasteiger partial charge < -0.3 is 14.8 Å². The van der Waals surface area contributed by atoms with Crippen molar-refractivity contribution in [1.29, 1.82) is 0 Å². The maximum atomic E-state index is 12.5. The maximum absolute atomic E-state index is 12.5. The number of amides is 1. The Hall–Kier alpha value is -2.57. The summed E-state index contributed by atoms with van der Waals surface area (Å²) in [6.07, 6.45) is 2.67. The molecule has 0 saturated carbocycles. The van der Waals surface area contributed by atoms with Crippen LogP contribution in [0.2, 0.25) is 5.02 Å². The van der Waals surface area contributed by atoms with Crippen LogP contribution in [-0.4, -0.2) is 24.0 Å². The highest BCUT2D eigenvalue weighted by Crippen LogP contribution is 2.37. The number of carbonyl (C=O) groups is 1. The van der Waals surface area contributed by atoms with Crippen LogP contribution in [0, 0.1) is 0 Å². The van der Waals surface area contributed by atoms with Gasteiger partial charge in [0, 0.05) is 35.4 Å². The number of ether oxygens (including phenoxy) is 2. The molecule has 0 radical (unpaired) electrons. The summed E-state index contributed by atoms with van der Waals surface area (Å²) in [5.41, 5.74) is 2.81. The molecule has 1 aliphatic rings. The highest BCUT2D eigenvalue weighted by molar-refractivity contribution is 7.09. The van der Waals surface area contributed by atoms with Gasteiger partial charge in [0.2, 0.25) is 0 Å². The van der Waals surface area contributed by atoms with E-state index in [1.807, 2.05) is 12.1 Å². The zero-order chi connectivity index (χ0) is 22.7. The fraction of sp³-hybridized carbons (Fsp3) is 0.360. The summed E-state index contributed by atoms with van der Waals surface area (Å²) in [6, 6.07) is 10.8. The number of nitrogens with one attached hydrogen (secondary N) is 1. The zero-order valence-corrected chi connectivity index (χ0v) is 20.1. The van der Waals surface area contributed by atoms with Gasteiger partial charge in [-0.2, -0.15) is 0 Å². The number of hydrogen-bond acceptors (Lipinski definition) is 5. The number of thiazole rings is 1. The Kier molecular flexibility index (Phi) is 6.72. The van der Waals surface area contributed by atoms with Gasteiger partial charge >= 0.3 is 0 Å². The summed E-state index contributed by atoms with van der Waals surface area (Å²) in [5, 5.41) is 6.63. The van der Waals surface area contributed by atoms with Crippen molar-refractivity contribution in [2.24, 2.45) is 0 Å². The number of aromatic nitrogens is 1. The number of aryl methyl sites for hydroxylation is 1. The molecule has 0 bridgehead atoms. The summed E-state index contributed by atoms with van der Waals surface area (Å²) >= 11 is 8.02. The van der Waals surface area contributed by atoms with E-state index in [9.17, 15) is 4.79 Å². The third kappa shape index (κ3) is 5.43. The molecule has 0 fully saturated rings. The highest BCUT2D eigenvalue weighted by atomic mass is 35.5. The molecular weight excluding hydrogens is 444 g/mol. The molecule has 1 N–H and O–H groups in total. The van der Waals surface area contributed by atoms with E-state index in [0.717, 1.165) is 34.9 Å². The summed E-state index contributed by atoms with van der Waals surface area (Å²) in [4.78, 5) is 17.1. The summed E-state index contributed by atoms with van der Waals surface area (Å²) < 4.78 is 11.6.